The molecule has 3 amide bonds. The van der Waals surface area contributed by atoms with E-state index in [-0.39, 0.29) is 29.7 Å². The van der Waals surface area contributed by atoms with Crippen LogP contribution in [0, 0.1) is 0 Å². The minimum Gasteiger partial charge on any atom is -0.311 e. The van der Waals surface area contributed by atoms with Gasteiger partial charge < -0.3 is 4.90 Å². The second kappa shape index (κ2) is 6.34. The average molecular weight is 362 g/mol. The van der Waals surface area contributed by atoms with Crippen molar-refractivity contribution in [1.82, 2.24) is 4.90 Å². The fourth-order valence-electron chi connectivity index (χ4n) is 4.04. The first-order valence-electron chi connectivity index (χ1n) is 9.25. The predicted molar refractivity (Wildman–Crippen MR) is 103 cm³/mol. The number of imide groups is 1. The summed E-state index contributed by atoms with van der Waals surface area (Å²) in [6.07, 6.45) is 0.765. The number of anilines is 1. The maximum Gasteiger partial charge on any atom is 0.261 e. The van der Waals surface area contributed by atoms with E-state index >= 15 is 0 Å². The van der Waals surface area contributed by atoms with Crippen LogP contribution in [0.2, 0.25) is 0 Å². The van der Waals surface area contributed by atoms with Crippen LogP contribution in [-0.4, -0.2) is 35.7 Å². The molecule has 0 fully saturated rings. The van der Waals surface area contributed by atoms with Gasteiger partial charge >= 0.3 is 0 Å². The number of nitrogens with zero attached hydrogens (tertiary/aromatic N) is 2. The van der Waals surface area contributed by atoms with E-state index < -0.39 is 0 Å². The number of carbonyl (C=O) groups is 3. The highest BCUT2D eigenvalue weighted by atomic mass is 16.2. The van der Waals surface area contributed by atoms with Crippen molar-refractivity contribution in [3.8, 4) is 0 Å². The van der Waals surface area contributed by atoms with E-state index in [4.69, 9.17) is 0 Å². The predicted octanol–water partition coefficient (Wildman–Crippen LogP) is 3.39. The second-order valence-electron chi connectivity index (χ2n) is 7.79. The zero-order valence-corrected chi connectivity index (χ0v) is 15.6. The summed E-state index contributed by atoms with van der Waals surface area (Å²) in [7, 11) is 0. The minimum absolute atomic E-state index is 0.0321. The third kappa shape index (κ3) is 2.83. The standard InChI is InChI=1S/C22H22N2O3/c1-22(2)14-24(18-11-6-5-10-17(18)22)19(25)12-7-13-23-20(26)15-8-3-4-9-16(15)21(23)27/h3-6,8-11H,7,12-14H2,1-2H3. The number of benzene rings is 2. The van der Waals surface area contributed by atoms with E-state index in [9.17, 15) is 14.4 Å². The maximum absolute atomic E-state index is 12.8. The Bertz CT molecular complexity index is 913. The van der Waals surface area contributed by atoms with Crippen molar-refractivity contribution in [2.45, 2.75) is 32.1 Å². The number of amides is 3. The molecule has 0 aliphatic carbocycles. The Labute approximate surface area is 158 Å². The smallest absolute Gasteiger partial charge is 0.261 e. The minimum atomic E-state index is -0.268. The van der Waals surface area contributed by atoms with E-state index in [1.54, 1.807) is 24.3 Å². The highest BCUT2D eigenvalue weighted by Gasteiger charge is 2.38. The Hall–Kier alpha value is -2.95. The van der Waals surface area contributed by atoms with Gasteiger partial charge in [0.1, 0.15) is 0 Å². The summed E-state index contributed by atoms with van der Waals surface area (Å²) in [5, 5.41) is 0. The van der Waals surface area contributed by atoms with Crippen LogP contribution in [-0.2, 0) is 10.2 Å². The van der Waals surface area contributed by atoms with Crippen molar-refractivity contribution in [2.75, 3.05) is 18.0 Å². The molecular weight excluding hydrogens is 340 g/mol. The fraction of sp³-hybridized carbons (Fsp3) is 0.318. The monoisotopic (exact) mass is 362 g/mol. The number of hydrogen-bond acceptors (Lipinski definition) is 3. The van der Waals surface area contributed by atoms with Crippen LogP contribution in [0.5, 0.6) is 0 Å². The molecule has 2 aromatic rings. The van der Waals surface area contributed by atoms with Crippen molar-refractivity contribution in [3.05, 3.63) is 65.2 Å². The lowest BCUT2D eigenvalue weighted by atomic mass is 9.87. The van der Waals surface area contributed by atoms with Gasteiger partial charge in [-0.25, -0.2) is 0 Å². The van der Waals surface area contributed by atoms with Crippen molar-refractivity contribution in [2.24, 2.45) is 0 Å². The molecule has 0 aromatic heterocycles. The molecule has 5 nitrogen and oxygen atoms in total. The summed E-state index contributed by atoms with van der Waals surface area (Å²) in [5.41, 5.74) is 2.97. The molecule has 2 aliphatic rings. The lowest BCUT2D eigenvalue weighted by Crippen LogP contribution is -2.35. The molecular formula is C22H22N2O3. The summed E-state index contributed by atoms with van der Waals surface area (Å²) in [6, 6.07) is 14.8. The van der Waals surface area contributed by atoms with Gasteiger partial charge in [0, 0.05) is 30.6 Å². The highest BCUT2D eigenvalue weighted by Crippen LogP contribution is 2.40. The Kier molecular flexibility index (Phi) is 4.10. The molecule has 0 unspecified atom stereocenters. The van der Waals surface area contributed by atoms with Crippen LogP contribution >= 0.6 is 0 Å². The fourth-order valence-corrected chi connectivity index (χ4v) is 4.04. The van der Waals surface area contributed by atoms with Crippen LogP contribution in [0.15, 0.2) is 48.5 Å². The summed E-state index contributed by atoms with van der Waals surface area (Å²) in [5.74, 6) is -0.504. The van der Waals surface area contributed by atoms with E-state index in [2.05, 4.69) is 19.9 Å². The first-order valence-corrected chi connectivity index (χ1v) is 9.25. The van der Waals surface area contributed by atoms with Gasteiger partial charge in [-0.15, -0.1) is 0 Å². The van der Waals surface area contributed by atoms with Gasteiger partial charge in [0.15, 0.2) is 0 Å². The molecule has 0 atom stereocenters. The maximum atomic E-state index is 12.8. The topological polar surface area (TPSA) is 57.7 Å². The molecule has 0 saturated carbocycles. The van der Waals surface area contributed by atoms with E-state index in [0.717, 1.165) is 5.69 Å². The highest BCUT2D eigenvalue weighted by molar-refractivity contribution is 6.21. The Morgan fingerprint density at radius 1 is 0.963 bits per heavy atom. The van der Waals surface area contributed by atoms with Gasteiger partial charge in [-0.2, -0.15) is 0 Å². The normalized spacial score (nSPS) is 17.3. The van der Waals surface area contributed by atoms with Gasteiger partial charge in [-0.1, -0.05) is 44.2 Å². The third-order valence-corrected chi connectivity index (χ3v) is 5.43. The Morgan fingerprint density at radius 3 is 2.22 bits per heavy atom. The first kappa shape index (κ1) is 17.5. The molecule has 2 aliphatic heterocycles. The zero-order valence-electron chi connectivity index (χ0n) is 15.6. The van der Waals surface area contributed by atoms with E-state index in [1.807, 2.05) is 23.1 Å². The largest absolute Gasteiger partial charge is 0.311 e. The molecule has 5 heteroatoms. The lowest BCUT2D eigenvalue weighted by Gasteiger charge is -2.21. The van der Waals surface area contributed by atoms with Crippen molar-refractivity contribution >= 4 is 23.4 Å². The summed E-state index contributed by atoms with van der Waals surface area (Å²) >= 11 is 0. The number of rotatable bonds is 4. The molecule has 0 bridgehead atoms. The van der Waals surface area contributed by atoms with Gasteiger partial charge in [-0.05, 0) is 30.2 Å². The molecule has 0 spiro atoms. The quantitative estimate of drug-likeness (QED) is 0.784. The summed E-state index contributed by atoms with van der Waals surface area (Å²) in [6.45, 7) is 5.19. The second-order valence-corrected chi connectivity index (χ2v) is 7.79. The number of hydrogen-bond donors (Lipinski definition) is 0. The van der Waals surface area contributed by atoms with E-state index in [1.165, 1.54) is 10.5 Å². The molecule has 0 N–H and O–H groups in total. The number of para-hydroxylation sites is 1. The number of fused-ring (bicyclic) bond motifs is 2. The van der Waals surface area contributed by atoms with Gasteiger partial charge in [0.25, 0.3) is 11.8 Å². The van der Waals surface area contributed by atoms with Crippen molar-refractivity contribution in [3.63, 3.8) is 0 Å². The molecule has 138 valence electrons. The van der Waals surface area contributed by atoms with Crippen LogP contribution in [0.25, 0.3) is 0 Å². The average Bonchev–Trinajstić information content (AvgIpc) is 3.08. The van der Waals surface area contributed by atoms with Crippen molar-refractivity contribution < 1.29 is 14.4 Å². The first-order chi connectivity index (χ1) is 12.9. The molecule has 2 aromatic carbocycles. The summed E-state index contributed by atoms with van der Waals surface area (Å²) < 4.78 is 0. The Balaban J connectivity index is 1.40. The third-order valence-electron chi connectivity index (χ3n) is 5.43. The van der Waals surface area contributed by atoms with Crippen molar-refractivity contribution in [1.29, 1.82) is 0 Å². The van der Waals surface area contributed by atoms with Crippen LogP contribution < -0.4 is 4.90 Å². The van der Waals surface area contributed by atoms with Crippen LogP contribution in [0.1, 0.15) is 53.0 Å². The molecule has 27 heavy (non-hydrogen) atoms. The number of carbonyl (C=O) groups excluding carboxylic acids is 3. The summed E-state index contributed by atoms with van der Waals surface area (Å²) in [4.78, 5) is 40.7. The van der Waals surface area contributed by atoms with Gasteiger partial charge in [-0.3, -0.25) is 19.3 Å². The zero-order chi connectivity index (χ0) is 19.2. The molecule has 2 heterocycles. The van der Waals surface area contributed by atoms with E-state index in [0.29, 0.717) is 30.5 Å². The van der Waals surface area contributed by atoms with Crippen LogP contribution in [0.4, 0.5) is 5.69 Å². The SMILES string of the molecule is CC1(C)CN(C(=O)CCCN2C(=O)c3ccccc3C2=O)c2ccccc21. The van der Waals surface area contributed by atoms with Crippen LogP contribution in [0.3, 0.4) is 0 Å². The Morgan fingerprint density at radius 2 is 1.56 bits per heavy atom. The van der Waals surface area contributed by atoms with Gasteiger partial charge in [0.05, 0.1) is 11.1 Å². The molecule has 4 rings (SSSR count). The van der Waals surface area contributed by atoms with Gasteiger partial charge in [0.2, 0.25) is 5.91 Å². The lowest BCUT2D eigenvalue weighted by molar-refractivity contribution is -0.118. The molecule has 0 saturated heterocycles. The molecule has 0 radical (unpaired) electrons.